The molecule has 20 heavy (non-hydrogen) atoms. The molecule has 1 aliphatic heterocycles. The summed E-state index contributed by atoms with van der Waals surface area (Å²) in [7, 11) is 0. The second-order valence-corrected chi connectivity index (χ2v) is 4.97. The van der Waals surface area contributed by atoms with Crippen molar-refractivity contribution >= 4 is 5.90 Å². The summed E-state index contributed by atoms with van der Waals surface area (Å²) in [5.74, 6) is 0.625. The van der Waals surface area contributed by atoms with Gasteiger partial charge in [-0.05, 0) is 11.1 Å². The summed E-state index contributed by atoms with van der Waals surface area (Å²) in [6, 6.07) is 19.0. The van der Waals surface area contributed by atoms with Gasteiger partial charge in [0.15, 0.2) is 5.90 Å². The third-order valence-corrected chi connectivity index (χ3v) is 3.70. The SMILES string of the molecule is CC1=N[C@H](C(O)(c2ccccc2)c2ccccc2)CO1. The van der Waals surface area contributed by atoms with Crippen LogP contribution in [-0.2, 0) is 10.3 Å². The summed E-state index contributed by atoms with van der Waals surface area (Å²) in [5, 5.41) is 11.4. The van der Waals surface area contributed by atoms with E-state index in [-0.39, 0.29) is 6.04 Å². The molecule has 0 bridgehead atoms. The molecule has 0 aromatic heterocycles. The Morgan fingerprint density at radius 2 is 1.50 bits per heavy atom. The van der Waals surface area contributed by atoms with Crippen LogP contribution in [0.25, 0.3) is 0 Å². The molecule has 102 valence electrons. The van der Waals surface area contributed by atoms with Crippen molar-refractivity contribution in [3.8, 4) is 0 Å². The molecule has 1 aliphatic rings. The molecular weight excluding hydrogens is 250 g/mol. The molecule has 0 amide bonds. The fourth-order valence-corrected chi connectivity index (χ4v) is 2.64. The van der Waals surface area contributed by atoms with Crippen molar-refractivity contribution in [2.75, 3.05) is 6.61 Å². The molecule has 0 radical (unpaired) electrons. The van der Waals surface area contributed by atoms with Crippen molar-refractivity contribution in [2.45, 2.75) is 18.6 Å². The van der Waals surface area contributed by atoms with E-state index >= 15 is 0 Å². The molecule has 0 spiro atoms. The predicted molar refractivity (Wildman–Crippen MR) is 78.7 cm³/mol. The maximum absolute atomic E-state index is 11.4. The predicted octanol–water partition coefficient (Wildman–Crippen LogP) is 2.74. The van der Waals surface area contributed by atoms with Crippen LogP contribution in [0.4, 0.5) is 0 Å². The van der Waals surface area contributed by atoms with Gasteiger partial charge in [-0.3, -0.25) is 0 Å². The first-order valence-corrected chi connectivity index (χ1v) is 6.72. The Hall–Kier alpha value is -2.13. The third-order valence-electron chi connectivity index (χ3n) is 3.70. The number of rotatable bonds is 3. The van der Waals surface area contributed by atoms with E-state index in [1.165, 1.54) is 0 Å². The summed E-state index contributed by atoms with van der Waals surface area (Å²) in [6.07, 6.45) is 0. The van der Waals surface area contributed by atoms with Gasteiger partial charge in [0.2, 0.25) is 0 Å². The second-order valence-electron chi connectivity index (χ2n) is 4.97. The smallest absolute Gasteiger partial charge is 0.180 e. The number of hydrogen-bond donors (Lipinski definition) is 1. The van der Waals surface area contributed by atoms with E-state index in [4.69, 9.17) is 4.74 Å². The Labute approximate surface area is 118 Å². The Balaban J connectivity index is 2.13. The molecule has 0 aliphatic carbocycles. The summed E-state index contributed by atoms with van der Waals surface area (Å²) in [6.45, 7) is 2.21. The van der Waals surface area contributed by atoms with Crippen molar-refractivity contribution in [3.63, 3.8) is 0 Å². The molecule has 3 nitrogen and oxygen atoms in total. The third kappa shape index (κ3) is 2.10. The van der Waals surface area contributed by atoms with Crippen LogP contribution in [0.3, 0.4) is 0 Å². The second kappa shape index (κ2) is 5.10. The standard InChI is InChI=1S/C17H17NO2/c1-13-18-16(12-20-13)17(19,14-8-4-2-5-9-14)15-10-6-3-7-11-15/h2-11,16,19H,12H2,1H3/t16-/m0/s1. The van der Waals surface area contributed by atoms with Gasteiger partial charge in [-0.15, -0.1) is 0 Å². The van der Waals surface area contributed by atoms with Gasteiger partial charge < -0.3 is 9.84 Å². The van der Waals surface area contributed by atoms with Gasteiger partial charge >= 0.3 is 0 Å². The Kier molecular flexibility index (Phi) is 3.28. The Bertz CT molecular complexity index is 568. The fraction of sp³-hybridized carbons (Fsp3) is 0.235. The van der Waals surface area contributed by atoms with Crippen LogP contribution in [0.5, 0.6) is 0 Å². The summed E-state index contributed by atoms with van der Waals surface area (Å²) >= 11 is 0. The lowest BCUT2D eigenvalue weighted by Crippen LogP contribution is -2.40. The molecule has 0 fully saturated rings. The van der Waals surface area contributed by atoms with E-state index in [1.54, 1.807) is 0 Å². The lowest BCUT2D eigenvalue weighted by Gasteiger charge is -2.32. The van der Waals surface area contributed by atoms with Crippen LogP contribution in [0.15, 0.2) is 65.7 Å². The van der Waals surface area contributed by atoms with Crippen molar-refractivity contribution in [1.29, 1.82) is 0 Å². The van der Waals surface area contributed by atoms with Crippen molar-refractivity contribution < 1.29 is 9.84 Å². The average molecular weight is 267 g/mol. The number of ether oxygens (including phenoxy) is 1. The Morgan fingerprint density at radius 1 is 1.00 bits per heavy atom. The van der Waals surface area contributed by atoms with Crippen molar-refractivity contribution in [3.05, 3.63) is 71.8 Å². The number of hydrogen-bond acceptors (Lipinski definition) is 3. The van der Waals surface area contributed by atoms with Gasteiger partial charge in [-0.1, -0.05) is 60.7 Å². The Morgan fingerprint density at radius 3 is 1.90 bits per heavy atom. The highest BCUT2D eigenvalue weighted by molar-refractivity contribution is 5.75. The minimum Gasteiger partial charge on any atom is -0.479 e. The van der Waals surface area contributed by atoms with Gasteiger partial charge in [0, 0.05) is 6.92 Å². The monoisotopic (exact) mass is 267 g/mol. The summed E-state index contributed by atoms with van der Waals surface area (Å²) < 4.78 is 5.44. The van der Waals surface area contributed by atoms with E-state index in [0.29, 0.717) is 12.5 Å². The topological polar surface area (TPSA) is 41.8 Å². The largest absolute Gasteiger partial charge is 0.479 e. The zero-order valence-corrected chi connectivity index (χ0v) is 11.4. The quantitative estimate of drug-likeness (QED) is 0.929. The van der Waals surface area contributed by atoms with Gasteiger partial charge in [0.1, 0.15) is 18.2 Å². The molecule has 0 unspecified atom stereocenters. The maximum atomic E-state index is 11.4. The number of aliphatic imine (C=N–C) groups is 1. The summed E-state index contributed by atoms with van der Waals surface area (Å²) in [4.78, 5) is 4.46. The molecule has 0 saturated carbocycles. The lowest BCUT2D eigenvalue weighted by molar-refractivity contribution is 0.0429. The van der Waals surface area contributed by atoms with Crippen molar-refractivity contribution in [1.82, 2.24) is 0 Å². The molecule has 3 rings (SSSR count). The number of aliphatic hydroxyl groups is 1. The average Bonchev–Trinajstić information content (AvgIpc) is 2.95. The highest BCUT2D eigenvalue weighted by Crippen LogP contribution is 2.36. The molecular formula is C17H17NO2. The minimum absolute atomic E-state index is 0.327. The maximum Gasteiger partial charge on any atom is 0.180 e. The van der Waals surface area contributed by atoms with Gasteiger partial charge in [0.05, 0.1) is 0 Å². The molecule has 2 aromatic carbocycles. The van der Waals surface area contributed by atoms with Crippen LogP contribution in [0.2, 0.25) is 0 Å². The van der Waals surface area contributed by atoms with E-state index in [9.17, 15) is 5.11 Å². The molecule has 3 heteroatoms. The van der Waals surface area contributed by atoms with Crippen LogP contribution in [-0.4, -0.2) is 23.7 Å². The van der Waals surface area contributed by atoms with Crippen LogP contribution >= 0.6 is 0 Å². The zero-order chi connectivity index (χ0) is 14.0. The first-order chi connectivity index (χ1) is 9.71. The molecule has 0 saturated heterocycles. The first-order valence-electron chi connectivity index (χ1n) is 6.72. The van der Waals surface area contributed by atoms with E-state index in [2.05, 4.69) is 4.99 Å². The number of nitrogens with zero attached hydrogens (tertiary/aromatic N) is 1. The molecule has 2 aromatic rings. The van der Waals surface area contributed by atoms with Crippen LogP contribution in [0, 0.1) is 0 Å². The zero-order valence-electron chi connectivity index (χ0n) is 11.4. The molecule has 1 atom stereocenters. The summed E-state index contributed by atoms with van der Waals surface area (Å²) in [5.41, 5.74) is 0.497. The van der Waals surface area contributed by atoms with E-state index in [1.807, 2.05) is 67.6 Å². The highest BCUT2D eigenvalue weighted by Gasteiger charge is 2.42. The minimum atomic E-state index is -1.17. The van der Waals surface area contributed by atoms with Gasteiger partial charge in [0.25, 0.3) is 0 Å². The molecule has 1 N–H and O–H groups in total. The number of benzene rings is 2. The lowest BCUT2D eigenvalue weighted by atomic mass is 9.81. The van der Waals surface area contributed by atoms with E-state index in [0.717, 1.165) is 11.1 Å². The molecule has 1 heterocycles. The van der Waals surface area contributed by atoms with Gasteiger partial charge in [-0.25, -0.2) is 4.99 Å². The van der Waals surface area contributed by atoms with Crippen molar-refractivity contribution in [2.24, 2.45) is 4.99 Å². The fourth-order valence-electron chi connectivity index (χ4n) is 2.64. The normalized spacial score (nSPS) is 18.5. The first kappa shape index (κ1) is 12.9. The van der Waals surface area contributed by atoms with Crippen LogP contribution < -0.4 is 0 Å². The van der Waals surface area contributed by atoms with Crippen LogP contribution in [0.1, 0.15) is 18.1 Å². The highest BCUT2D eigenvalue weighted by atomic mass is 16.5. The van der Waals surface area contributed by atoms with Gasteiger partial charge in [-0.2, -0.15) is 0 Å². The van der Waals surface area contributed by atoms with E-state index < -0.39 is 5.60 Å².